The number of rotatable bonds is 2. The van der Waals surface area contributed by atoms with Gasteiger partial charge in [0.05, 0.1) is 0 Å². The Labute approximate surface area is 104 Å². The maximum atomic E-state index is 12.3. The lowest BCUT2D eigenvalue weighted by Crippen LogP contribution is -2.29. The van der Waals surface area contributed by atoms with Crippen molar-refractivity contribution in [1.29, 1.82) is 0 Å². The van der Waals surface area contributed by atoms with Gasteiger partial charge in [0.1, 0.15) is 11.0 Å². The van der Waals surface area contributed by atoms with Gasteiger partial charge < -0.3 is 10.0 Å². The summed E-state index contributed by atoms with van der Waals surface area (Å²) in [7, 11) is 0. The predicted molar refractivity (Wildman–Crippen MR) is 65.0 cm³/mol. The highest BCUT2D eigenvalue weighted by Crippen LogP contribution is 2.19. The fourth-order valence-electron chi connectivity index (χ4n) is 2.32. The third kappa shape index (κ3) is 1.84. The van der Waals surface area contributed by atoms with E-state index in [2.05, 4.69) is 15.4 Å². The maximum Gasteiger partial charge on any atom is 0.253 e. The summed E-state index contributed by atoms with van der Waals surface area (Å²) in [6.07, 6.45) is 0.869. The molecule has 1 unspecified atom stereocenters. The number of likely N-dealkylation sites (tertiary alicyclic amines) is 1. The molecule has 0 saturated carbocycles. The Morgan fingerprint density at radius 2 is 2.28 bits per heavy atom. The van der Waals surface area contributed by atoms with Crippen LogP contribution in [0.1, 0.15) is 16.8 Å². The highest BCUT2D eigenvalue weighted by molar-refractivity contribution is 5.97. The number of aromatic nitrogens is 3. The lowest BCUT2D eigenvalue weighted by Gasteiger charge is -2.15. The molecule has 3 rings (SSSR count). The molecule has 0 bridgehead atoms. The van der Waals surface area contributed by atoms with Gasteiger partial charge in [-0.1, -0.05) is 0 Å². The molecule has 1 fully saturated rings. The van der Waals surface area contributed by atoms with Gasteiger partial charge in [0.15, 0.2) is 0 Å². The van der Waals surface area contributed by atoms with Crippen LogP contribution in [0.2, 0.25) is 0 Å². The van der Waals surface area contributed by atoms with Crippen LogP contribution in [-0.2, 0) is 0 Å². The zero-order chi connectivity index (χ0) is 12.5. The topological polar surface area (TPSA) is 82.1 Å². The Morgan fingerprint density at radius 3 is 3.06 bits per heavy atom. The molecule has 0 radical (unpaired) electrons. The fraction of sp³-hybridized carbons (Fsp3) is 0.417. The number of nitrogens with zero attached hydrogens (tertiary/aromatic N) is 3. The Hall–Kier alpha value is -1.95. The Balaban J connectivity index is 1.83. The quantitative estimate of drug-likeness (QED) is 0.804. The average Bonchev–Trinajstić information content (AvgIpc) is 3.05. The summed E-state index contributed by atoms with van der Waals surface area (Å²) in [5.41, 5.74) is 2.06. The molecular weight excluding hydrogens is 232 g/mol. The summed E-state index contributed by atoms with van der Waals surface area (Å²) >= 11 is 0. The van der Waals surface area contributed by atoms with Gasteiger partial charge in [0.25, 0.3) is 5.91 Å². The van der Waals surface area contributed by atoms with Crippen molar-refractivity contribution in [2.24, 2.45) is 5.92 Å². The Kier molecular flexibility index (Phi) is 2.71. The van der Waals surface area contributed by atoms with Crippen LogP contribution in [0.5, 0.6) is 0 Å². The second-order valence-electron chi connectivity index (χ2n) is 4.62. The van der Waals surface area contributed by atoms with E-state index in [1.165, 1.54) is 0 Å². The fourth-order valence-corrected chi connectivity index (χ4v) is 2.32. The molecule has 1 atom stereocenters. The summed E-state index contributed by atoms with van der Waals surface area (Å²) in [5.74, 6) is 0.209. The van der Waals surface area contributed by atoms with E-state index >= 15 is 0 Å². The minimum absolute atomic E-state index is 0.00384. The van der Waals surface area contributed by atoms with Gasteiger partial charge in [-0.25, -0.2) is 0 Å². The normalized spacial score (nSPS) is 19.6. The molecule has 2 aromatic rings. The second kappa shape index (κ2) is 4.38. The summed E-state index contributed by atoms with van der Waals surface area (Å²) < 4.78 is 0. The molecule has 18 heavy (non-hydrogen) atoms. The van der Waals surface area contributed by atoms with Gasteiger partial charge in [-0.05, 0) is 24.6 Å². The number of aliphatic hydroxyl groups is 1. The van der Waals surface area contributed by atoms with Crippen LogP contribution in [0.3, 0.4) is 0 Å². The molecular formula is C12H14N4O2. The van der Waals surface area contributed by atoms with E-state index in [0.29, 0.717) is 24.2 Å². The minimum Gasteiger partial charge on any atom is -0.396 e. The van der Waals surface area contributed by atoms with E-state index in [4.69, 9.17) is 5.11 Å². The molecule has 94 valence electrons. The molecule has 0 spiro atoms. The van der Waals surface area contributed by atoms with Crippen molar-refractivity contribution in [2.45, 2.75) is 6.42 Å². The van der Waals surface area contributed by atoms with Crippen LogP contribution in [0.4, 0.5) is 0 Å². The second-order valence-corrected chi connectivity index (χ2v) is 4.62. The lowest BCUT2D eigenvalue weighted by molar-refractivity contribution is 0.0782. The van der Waals surface area contributed by atoms with Crippen molar-refractivity contribution in [2.75, 3.05) is 19.7 Å². The summed E-state index contributed by atoms with van der Waals surface area (Å²) in [4.78, 5) is 14.0. The van der Waals surface area contributed by atoms with Crippen molar-refractivity contribution in [3.05, 3.63) is 23.8 Å². The van der Waals surface area contributed by atoms with Gasteiger partial charge in [-0.2, -0.15) is 15.4 Å². The molecule has 6 nitrogen and oxygen atoms in total. The Morgan fingerprint density at radius 1 is 1.44 bits per heavy atom. The van der Waals surface area contributed by atoms with Gasteiger partial charge >= 0.3 is 0 Å². The van der Waals surface area contributed by atoms with E-state index in [1.54, 1.807) is 23.1 Å². The van der Waals surface area contributed by atoms with Gasteiger partial charge in [-0.3, -0.25) is 4.79 Å². The minimum atomic E-state index is -0.00384. The van der Waals surface area contributed by atoms with Gasteiger partial charge in [0.2, 0.25) is 0 Å². The lowest BCUT2D eigenvalue weighted by atomic mass is 10.1. The first-order chi connectivity index (χ1) is 8.78. The first kappa shape index (κ1) is 11.2. The predicted octanol–water partition coefficient (Wildman–Crippen LogP) is 0.412. The first-order valence-electron chi connectivity index (χ1n) is 5.98. The van der Waals surface area contributed by atoms with Gasteiger partial charge in [0, 0.05) is 31.2 Å². The molecule has 1 aliphatic rings. The number of hydrogen-bond donors (Lipinski definition) is 2. The number of aliphatic hydroxyl groups excluding tert-OH is 1. The smallest absolute Gasteiger partial charge is 0.253 e. The highest BCUT2D eigenvalue weighted by atomic mass is 16.3. The zero-order valence-corrected chi connectivity index (χ0v) is 9.83. The van der Waals surface area contributed by atoms with Crippen molar-refractivity contribution in [3.8, 4) is 0 Å². The molecule has 0 aliphatic carbocycles. The van der Waals surface area contributed by atoms with Crippen molar-refractivity contribution in [3.63, 3.8) is 0 Å². The average molecular weight is 246 g/mol. The van der Waals surface area contributed by atoms with Crippen LogP contribution in [-0.4, -0.2) is 51.0 Å². The van der Waals surface area contributed by atoms with E-state index in [9.17, 15) is 4.79 Å². The largest absolute Gasteiger partial charge is 0.396 e. The van der Waals surface area contributed by atoms with Crippen LogP contribution in [0, 0.1) is 5.92 Å². The molecule has 1 aromatic carbocycles. The number of carbonyl (C=O) groups is 1. The number of fused-ring (bicyclic) bond motifs is 1. The molecule has 1 aliphatic heterocycles. The molecule has 1 aromatic heterocycles. The molecule has 6 heteroatoms. The first-order valence-corrected chi connectivity index (χ1v) is 5.98. The third-order valence-electron chi connectivity index (χ3n) is 3.39. The van der Waals surface area contributed by atoms with E-state index in [1.807, 2.05) is 0 Å². The van der Waals surface area contributed by atoms with Crippen LogP contribution in [0.15, 0.2) is 18.2 Å². The monoisotopic (exact) mass is 246 g/mol. The summed E-state index contributed by atoms with van der Waals surface area (Å²) in [6, 6.07) is 5.29. The Bertz CT molecular complexity index is 580. The molecule has 1 amide bonds. The number of amides is 1. The van der Waals surface area contributed by atoms with E-state index in [-0.39, 0.29) is 18.4 Å². The number of carbonyl (C=O) groups excluding carboxylic acids is 1. The summed E-state index contributed by atoms with van der Waals surface area (Å²) in [5, 5.41) is 19.5. The molecule has 2 N–H and O–H groups in total. The number of hydrogen-bond acceptors (Lipinski definition) is 4. The van der Waals surface area contributed by atoms with Crippen LogP contribution >= 0.6 is 0 Å². The van der Waals surface area contributed by atoms with Crippen molar-refractivity contribution >= 4 is 16.9 Å². The van der Waals surface area contributed by atoms with Crippen LogP contribution in [0.25, 0.3) is 11.0 Å². The standard InChI is InChI=1S/C12H14N4O2/c17-7-8-3-4-16(6-8)12(18)9-1-2-10-11(5-9)14-15-13-10/h1-2,5,8,17H,3-4,6-7H2,(H,13,14,15). The van der Waals surface area contributed by atoms with Crippen molar-refractivity contribution in [1.82, 2.24) is 20.3 Å². The number of H-pyrrole nitrogens is 1. The van der Waals surface area contributed by atoms with Gasteiger partial charge in [-0.15, -0.1) is 0 Å². The number of nitrogens with one attached hydrogen (secondary N) is 1. The highest BCUT2D eigenvalue weighted by Gasteiger charge is 2.26. The van der Waals surface area contributed by atoms with Crippen LogP contribution < -0.4 is 0 Å². The molecule has 2 heterocycles. The van der Waals surface area contributed by atoms with Crippen molar-refractivity contribution < 1.29 is 9.90 Å². The SMILES string of the molecule is O=C(c1ccc2n[nH]nc2c1)N1CCC(CO)C1. The number of benzene rings is 1. The number of aromatic amines is 1. The zero-order valence-electron chi connectivity index (χ0n) is 9.83. The molecule has 1 saturated heterocycles. The van der Waals surface area contributed by atoms with E-state index in [0.717, 1.165) is 11.9 Å². The third-order valence-corrected chi connectivity index (χ3v) is 3.39. The maximum absolute atomic E-state index is 12.3. The summed E-state index contributed by atoms with van der Waals surface area (Å²) in [6.45, 7) is 1.49. The van der Waals surface area contributed by atoms with E-state index < -0.39 is 0 Å².